The van der Waals surface area contributed by atoms with Gasteiger partial charge in [-0.15, -0.1) is 0 Å². The number of nitrogens with zero attached hydrogens (tertiary/aromatic N) is 2. The van der Waals surface area contributed by atoms with E-state index in [4.69, 9.17) is 0 Å². The first-order valence-electron chi connectivity index (χ1n) is 7.39. The Balaban J connectivity index is 1.80. The highest BCUT2D eigenvalue weighted by atomic mass is 16.2. The Morgan fingerprint density at radius 1 is 1.25 bits per heavy atom. The number of carbonyl (C=O) groups excluding carboxylic acids is 1. The van der Waals surface area contributed by atoms with Gasteiger partial charge < -0.3 is 15.1 Å². The molecule has 0 spiro atoms. The van der Waals surface area contributed by atoms with Gasteiger partial charge in [-0.25, -0.2) is 4.79 Å². The van der Waals surface area contributed by atoms with E-state index in [0.717, 1.165) is 32.7 Å². The van der Waals surface area contributed by atoms with E-state index < -0.39 is 0 Å². The number of urea groups is 1. The van der Waals surface area contributed by atoms with Crippen LogP contribution in [0.4, 0.5) is 4.79 Å². The first kappa shape index (κ1) is 13.4. The summed E-state index contributed by atoms with van der Waals surface area (Å²) in [6, 6.07) is 4.97. The zero-order valence-corrected chi connectivity index (χ0v) is 12.6. The Hall–Kier alpha value is -1.55. The van der Waals surface area contributed by atoms with Crippen molar-refractivity contribution in [3.63, 3.8) is 0 Å². The van der Waals surface area contributed by atoms with Gasteiger partial charge in [0.2, 0.25) is 0 Å². The number of piperazine rings is 1. The Bertz CT molecular complexity index is 518. The van der Waals surface area contributed by atoms with Crippen LogP contribution in [0.1, 0.15) is 22.3 Å². The van der Waals surface area contributed by atoms with Crippen molar-refractivity contribution >= 4 is 6.03 Å². The van der Waals surface area contributed by atoms with E-state index in [-0.39, 0.29) is 6.03 Å². The number of nitrogens with one attached hydrogen (secondary N) is 1. The highest BCUT2D eigenvalue weighted by molar-refractivity contribution is 5.77. The van der Waals surface area contributed by atoms with Gasteiger partial charge >= 0.3 is 6.03 Å². The van der Waals surface area contributed by atoms with Gasteiger partial charge in [0.25, 0.3) is 0 Å². The molecule has 3 rings (SSSR count). The Labute approximate surface area is 120 Å². The lowest BCUT2D eigenvalue weighted by Gasteiger charge is -2.28. The van der Waals surface area contributed by atoms with Crippen molar-refractivity contribution in [2.45, 2.75) is 33.4 Å². The molecule has 2 amide bonds. The molecule has 0 aromatic heterocycles. The fourth-order valence-corrected chi connectivity index (χ4v) is 3.47. The van der Waals surface area contributed by atoms with Gasteiger partial charge in [0.05, 0.1) is 6.04 Å². The SMILES string of the molecule is Cc1cc(C)c(CN2CC3CNCCN3C2=O)c(C)c1. The van der Waals surface area contributed by atoms with Crippen molar-refractivity contribution in [3.8, 4) is 0 Å². The average molecular weight is 273 g/mol. The second-order valence-corrected chi connectivity index (χ2v) is 6.09. The van der Waals surface area contributed by atoms with Crippen molar-refractivity contribution in [1.29, 1.82) is 0 Å². The standard InChI is InChI=1S/C16H23N3O/c1-11-6-12(2)15(13(3)7-11)10-18-9-14-8-17-4-5-19(14)16(18)20/h6-7,14,17H,4-5,8-10H2,1-3H3. The lowest BCUT2D eigenvalue weighted by atomic mass is 9.99. The van der Waals surface area contributed by atoms with Crippen LogP contribution >= 0.6 is 0 Å². The molecule has 4 heteroatoms. The zero-order chi connectivity index (χ0) is 14.3. The molecular formula is C16H23N3O. The molecule has 1 aromatic rings. The highest BCUT2D eigenvalue weighted by Crippen LogP contribution is 2.23. The van der Waals surface area contributed by atoms with Crippen LogP contribution in [-0.2, 0) is 6.54 Å². The molecule has 1 aromatic carbocycles. The molecule has 2 saturated heterocycles. The summed E-state index contributed by atoms with van der Waals surface area (Å²) < 4.78 is 0. The third kappa shape index (κ3) is 2.29. The van der Waals surface area contributed by atoms with Crippen molar-refractivity contribution in [1.82, 2.24) is 15.1 Å². The van der Waals surface area contributed by atoms with E-state index in [2.05, 4.69) is 38.2 Å². The molecule has 2 heterocycles. The van der Waals surface area contributed by atoms with E-state index in [9.17, 15) is 4.79 Å². The average Bonchev–Trinajstić information content (AvgIpc) is 2.71. The topological polar surface area (TPSA) is 35.6 Å². The van der Waals surface area contributed by atoms with Crippen LogP contribution in [0.5, 0.6) is 0 Å². The first-order valence-corrected chi connectivity index (χ1v) is 7.39. The van der Waals surface area contributed by atoms with E-state index in [1.807, 2.05) is 9.80 Å². The third-order valence-electron chi connectivity index (χ3n) is 4.49. The summed E-state index contributed by atoms with van der Waals surface area (Å²) in [5.74, 6) is 0. The minimum Gasteiger partial charge on any atom is -0.318 e. The normalized spacial score (nSPS) is 22.4. The van der Waals surface area contributed by atoms with Gasteiger partial charge in [-0.05, 0) is 37.5 Å². The number of fused-ring (bicyclic) bond motifs is 1. The minimum atomic E-state index is 0.205. The summed E-state index contributed by atoms with van der Waals surface area (Å²) in [7, 11) is 0. The third-order valence-corrected chi connectivity index (χ3v) is 4.49. The molecule has 4 nitrogen and oxygen atoms in total. The van der Waals surface area contributed by atoms with Gasteiger partial charge in [0.1, 0.15) is 0 Å². The van der Waals surface area contributed by atoms with Gasteiger partial charge in [0, 0.05) is 32.7 Å². The molecule has 1 N–H and O–H groups in total. The van der Waals surface area contributed by atoms with Gasteiger partial charge in [-0.1, -0.05) is 17.7 Å². The molecule has 1 atom stereocenters. The number of rotatable bonds is 2. The van der Waals surface area contributed by atoms with E-state index in [1.165, 1.54) is 22.3 Å². The number of hydrogen-bond donors (Lipinski definition) is 1. The minimum absolute atomic E-state index is 0.205. The summed E-state index contributed by atoms with van der Waals surface area (Å²) in [4.78, 5) is 16.5. The molecule has 1 unspecified atom stereocenters. The smallest absolute Gasteiger partial charge is 0.318 e. The summed E-state index contributed by atoms with van der Waals surface area (Å²) in [6.45, 7) is 10.7. The molecule has 2 aliphatic heterocycles. The largest absolute Gasteiger partial charge is 0.320 e. The summed E-state index contributed by atoms with van der Waals surface area (Å²) >= 11 is 0. The monoisotopic (exact) mass is 273 g/mol. The molecule has 108 valence electrons. The number of amides is 2. The van der Waals surface area contributed by atoms with Crippen molar-refractivity contribution < 1.29 is 4.79 Å². The molecule has 2 aliphatic rings. The number of carbonyl (C=O) groups is 1. The van der Waals surface area contributed by atoms with Crippen molar-refractivity contribution in [2.75, 3.05) is 26.2 Å². The Morgan fingerprint density at radius 2 is 1.95 bits per heavy atom. The Kier molecular flexibility index (Phi) is 3.42. The molecule has 0 saturated carbocycles. The van der Waals surface area contributed by atoms with Gasteiger partial charge in [-0.2, -0.15) is 0 Å². The zero-order valence-electron chi connectivity index (χ0n) is 12.6. The highest BCUT2D eigenvalue weighted by Gasteiger charge is 2.38. The first-order chi connectivity index (χ1) is 9.56. The van der Waals surface area contributed by atoms with E-state index >= 15 is 0 Å². The summed E-state index contributed by atoms with van der Waals surface area (Å²) in [5, 5.41) is 3.37. The molecular weight excluding hydrogens is 250 g/mol. The van der Waals surface area contributed by atoms with Gasteiger partial charge in [-0.3, -0.25) is 0 Å². The molecule has 2 fully saturated rings. The van der Waals surface area contributed by atoms with Crippen LogP contribution in [0.3, 0.4) is 0 Å². The second kappa shape index (κ2) is 5.09. The van der Waals surface area contributed by atoms with Crippen LogP contribution in [0.25, 0.3) is 0 Å². The van der Waals surface area contributed by atoms with Crippen molar-refractivity contribution in [2.24, 2.45) is 0 Å². The van der Waals surface area contributed by atoms with Gasteiger partial charge in [0.15, 0.2) is 0 Å². The fourth-order valence-electron chi connectivity index (χ4n) is 3.47. The van der Waals surface area contributed by atoms with Crippen LogP contribution in [-0.4, -0.2) is 48.1 Å². The molecule has 20 heavy (non-hydrogen) atoms. The quantitative estimate of drug-likeness (QED) is 0.892. The van der Waals surface area contributed by atoms with E-state index in [1.54, 1.807) is 0 Å². The molecule has 0 radical (unpaired) electrons. The van der Waals surface area contributed by atoms with E-state index in [0.29, 0.717) is 6.04 Å². The van der Waals surface area contributed by atoms with Crippen LogP contribution in [0.2, 0.25) is 0 Å². The molecule has 0 bridgehead atoms. The Morgan fingerprint density at radius 3 is 2.60 bits per heavy atom. The maximum atomic E-state index is 12.5. The fraction of sp³-hybridized carbons (Fsp3) is 0.562. The summed E-state index contributed by atoms with van der Waals surface area (Å²) in [6.07, 6.45) is 0. The lowest BCUT2D eigenvalue weighted by molar-refractivity contribution is 0.178. The number of benzene rings is 1. The maximum absolute atomic E-state index is 12.5. The number of hydrogen-bond acceptors (Lipinski definition) is 2. The predicted molar refractivity (Wildman–Crippen MR) is 79.8 cm³/mol. The summed E-state index contributed by atoms with van der Waals surface area (Å²) in [5.41, 5.74) is 5.17. The number of aryl methyl sites for hydroxylation is 3. The van der Waals surface area contributed by atoms with Crippen LogP contribution < -0.4 is 5.32 Å². The van der Waals surface area contributed by atoms with Crippen LogP contribution in [0, 0.1) is 20.8 Å². The lowest BCUT2D eigenvalue weighted by Crippen LogP contribution is -2.49. The second-order valence-electron chi connectivity index (χ2n) is 6.09. The predicted octanol–water partition coefficient (Wildman–Crippen LogP) is 1.82. The maximum Gasteiger partial charge on any atom is 0.320 e. The van der Waals surface area contributed by atoms with Crippen LogP contribution in [0.15, 0.2) is 12.1 Å². The van der Waals surface area contributed by atoms with Crippen molar-refractivity contribution in [3.05, 3.63) is 34.4 Å². The molecule has 0 aliphatic carbocycles.